The molecule has 1 N–H and O–H groups in total. The van der Waals surface area contributed by atoms with Gasteiger partial charge in [0.25, 0.3) is 0 Å². The van der Waals surface area contributed by atoms with Gasteiger partial charge in [0.1, 0.15) is 5.75 Å². The molecule has 1 aromatic carbocycles. The zero-order valence-electron chi connectivity index (χ0n) is 13.8. The lowest BCUT2D eigenvalue weighted by Gasteiger charge is -2.34. The van der Waals surface area contributed by atoms with Crippen molar-refractivity contribution in [2.24, 2.45) is 0 Å². The van der Waals surface area contributed by atoms with E-state index in [4.69, 9.17) is 4.74 Å². The number of methoxy groups -OCH3 is 1. The van der Waals surface area contributed by atoms with Gasteiger partial charge in [-0.25, -0.2) is 0 Å². The number of amides is 1. The normalized spacial score (nSPS) is 15.5. The van der Waals surface area contributed by atoms with Crippen LogP contribution in [0, 0.1) is 0 Å². The lowest BCUT2D eigenvalue weighted by atomic mass is 10.0. The summed E-state index contributed by atoms with van der Waals surface area (Å²) in [7, 11) is 1.67. The Balaban J connectivity index is 1.89. The molecular weight excluding hydrogens is 276 g/mol. The Hall–Kier alpha value is -1.55. The van der Waals surface area contributed by atoms with Crippen molar-refractivity contribution in [3.05, 3.63) is 29.8 Å². The third-order valence-electron chi connectivity index (χ3n) is 4.32. The van der Waals surface area contributed by atoms with Crippen molar-refractivity contribution in [1.29, 1.82) is 0 Å². The summed E-state index contributed by atoms with van der Waals surface area (Å²) < 4.78 is 5.16. The minimum absolute atomic E-state index is 0.296. The predicted molar refractivity (Wildman–Crippen MR) is 89.2 cm³/mol. The maximum Gasteiger partial charge on any atom is 0.223 e. The van der Waals surface area contributed by atoms with Crippen LogP contribution in [0.1, 0.15) is 38.2 Å². The van der Waals surface area contributed by atoms with E-state index in [0.717, 1.165) is 51.1 Å². The van der Waals surface area contributed by atoms with E-state index in [2.05, 4.69) is 17.1 Å². The predicted octanol–water partition coefficient (Wildman–Crippen LogP) is 2.62. The van der Waals surface area contributed by atoms with Crippen LogP contribution in [0.4, 0.5) is 0 Å². The van der Waals surface area contributed by atoms with Crippen LogP contribution in [0.15, 0.2) is 24.3 Å². The minimum Gasteiger partial charge on any atom is -0.497 e. The molecule has 4 heteroatoms. The molecule has 0 aromatic heterocycles. The van der Waals surface area contributed by atoms with Gasteiger partial charge >= 0.3 is 0 Å². The highest BCUT2D eigenvalue weighted by molar-refractivity contribution is 5.76. The fraction of sp³-hybridized carbons (Fsp3) is 0.611. The third kappa shape index (κ3) is 4.73. The van der Waals surface area contributed by atoms with E-state index in [1.165, 1.54) is 5.56 Å². The Morgan fingerprint density at radius 3 is 2.55 bits per heavy atom. The summed E-state index contributed by atoms with van der Waals surface area (Å²) >= 11 is 0. The lowest BCUT2D eigenvalue weighted by molar-refractivity contribution is -0.134. The second-order valence-corrected chi connectivity index (χ2v) is 5.92. The highest BCUT2D eigenvalue weighted by atomic mass is 16.5. The van der Waals surface area contributed by atoms with E-state index in [-0.39, 0.29) is 0 Å². The lowest BCUT2D eigenvalue weighted by Crippen LogP contribution is -2.46. The Labute approximate surface area is 133 Å². The van der Waals surface area contributed by atoms with Crippen molar-refractivity contribution >= 4 is 5.91 Å². The molecule has 0 unspecified atom stereocenters. The van der Waals surface area contributed by atoms with E-state index in [1.54, 1.807) is 7.11 Å². The van der Waals surface area contributed by atoms with Crippen LogP contribution in [0.25, 0.3) is 0 Å². The number of benzene rings is 1. The van der Waals surface area contributed by atoms with Gasteiger partial charge in [0.05, 0.1) is 7.11 Å². The van der Waals surface area contributed by atoms with E-state index in [1.807, 2.05) is 24.3 Å². The van der Waals surface area contributed by atoms with Crippen LogP contribution in [0.3, 0.4) is 0 Å². The number of hydrogen-bond acceptors (Lipinski definition) is 3. The minimum atomic E-state index is 0.296. The van der Waals surface area contributed by atoms with Gasteiger partial charge in [-0.05, 0) is 56.5 Å². The Morgan fingerprint density at radius 2 is 1.95 bits per heavy atom. The second kappa shape index (κ2) is 8.79. The average Bonchev–Trinajstić information content (AvgIpc) is 2.58. The van der Waals surface area contributed by atoms with Crippen LogP contribution in [-0.2, 0) is 11.2 Å². The molecule has 122 valence electrons. The summed E-state index contributed by atoms with van der Waals surface area (Å²) in [5, 5.41) is 3.37. The number of nitrogens with zero attached hydrogens (tertiary/aromatic N) is 1. The standard InChI is InChI=1S/C18H28N2O2/c1-3-14-20(16-10-12-19-13-11-16)18(21)9-6-15-4-7-17(22-2)8-5-15/h4-5,7-8,16,19H,3,6,9-14H2,1-2H3. The number of aryl methyl sites for hydroxylation is 1. The van der Waals surface area contributed by atoms with Crippen molar-refractivity contribution in [3.8, 4) is 5.75 Å². The first kappa shape index (κ1) is 16.8. The molecule has 0 aliphatic carbocycles. The van der Waals surface area contributed by atoms with Crippen molar-refractivity contribution < 1.29 is 9.53 Å². The van der Waals surface area contributed by atoms with Gasteiger partial charge in [0.15, 0.2) is 0 Å². The van der Waals surface area contributed by atoms with Crippen molar-refractivity contribution in [2.45, 2.75) is 45.1 Å². The van der Waals surface area contributed by atoms with Gasteiger partial charge in [-0.1, -0.05) is 19.1 Å². The maximum absolute atomic E-state index is 12.6. The molecule has 1 heterocycles. The van der Waals surface area contributed by atoms with Gasteiger partial charge in [-0.3, -0.25) is 4.79 Å². The summed E-state index contributed by atoms with van der Waals surface area (Å²) in [5.74, 6) is 1.15. The van der Waals surface area contributed by atoms with Gasteiger partial charge in [-0.15, -0.1) is 0 Å². The SMILES string of the molecule is CCCN(C(=O)CCc1ccc(OC)cc1)C1CCNCC1. The van der Waals surface area contributed by atoms with E-state index >= 15 is 0 Å². The van der Waals surface area contributed by atoms with Gasteiger partial charge in [-0.2, -0.15) is 0 Å². The third-order valence-corrected chi connectivity index (χ3v) is 4.32. The molecular formula is C18H28N2O2. The van der Waals surface area contributed by atoms with E-state index in [0.29, 0.717) is 18.4 Å². The molecule has 4 nitrogen and oxygen atoms in total. The Morgan fingerprint density at radius 1 is 1.27 bits per heavy atom. The highest BCUT2D eigenvalue weighted by Crippen LogP contribution is 2.16. The molecule has 0 spiro atoms. The summed E-state index contributed by atoms with van der Waals surface area (Å²) in [6, 6.07) is 8.42. The first-order valence-corrected chi connectivity index (χ1v) is 8.37. The molecule has 1 amide bonds. The molecule has 1 saturated heterocycles. The number of piperidine rings is 1. The van der Waals surface area contributed by atoms with Gasteiger partial charge in [0, 0.05) is 19.0 Å². The van der Waals surface area contributed by atoms with E-state index in [9.17, 15) is 4.79 Å². The summed E-state index contributed by atoms with van der Waals surface area (Å²) in [4.78, 5) is 14.7. The van der Waals surface area contributed by atoms with Crippen LogP contribution in [-0.4, -0.2) is 43.6 Å². The first-order chi connectivity index (χ1) is 10.7. The number of carbonyl (C=O) groups is 1. The second-order valence-electron chi connectivity index (χ2n) is 5.92. The Kier molecular flexibility index (Phi) is 6.72. The number of ether oxygens (including phenoxy) is 1. The molecule has 2 rings (SSSR count). The molecule has 0 bridgehead atoms. The van der Waals surface area contributed by atoms with Crippen molar-refractivity contribution in [3.63, 3.8) is 0 Å². The number of nitrogens with one attached hydrogen (secondary N) is 1. The van der Waals surface area contributed by atoms with Crippen LogP contribution < -0.4 is 10.1 Å². The summed E-state index contributed by atoms with van der Waals surface area (Å²) in [6.07, 6.45) is 4.57. The van der Waals surface area contributed by atoms with E-state index < -0.39 is 0 Å². The zero-order valence-corrected chi connectivity index (χ0v) is 13.8. The largest absolute Gasteiger partial charge is 0.497 e. The molecule has 1 aliphatic heterocycles. The number of hydrogen-bond donors (Lipinski definition) is 1. The molecule has 0 saturated carbocycles. The maximum atomic E-state index is 12.6. The summed E-state index contributed by atoms with van der Waals surface area (Å²) in [6.45, 7) is 5.07. The highest BCUT2D eigenvalue weighted by Gasteiger charge is 2.24. The topological polar surface area (TPSA) is 41.6 Å². The number of carbonyl (C=O) groups excluding carboxylic acids is 1. The van der Waals surface area contributed by atoms with Crippen LogP contribution >= 0.6 is 0 Å². The molecule has 22 heavy (non-hydrogen) atoms. The van der Waals surface area contributed by atoms with Crippen LogP contribution in [0.5, 0.6) is 5.75 Å². The monoisotopic (exact) mass is 304 g/mol. The zero-order chi connectivity index (χ0) is 15.8. The summed E-state index contributed by atoms with van der Waals surface area (Å²) in [5.41, 5.74) is 1.19. The Bertz CT molecular complexity index is 453. The smallest absolute Gasteiger partial charge is 0.223 e. The fourth-order valence-corrected chi connectivity index (χ4v) is 3.06. The number of rotatable bonds is 7. The average molecular weight is 304 g/mol. The molecule has 1 fully saturated rings. The van der Waals surface area contributed by atoms with Crippen LogP contribution in [0.2, 0.25) is 0 Å². The van der Waals surface area contributed by atoms with Crippen molar-refractivity contribution in [1.82, 2.24) is 10.2 Å². The molecule has 1 aromatic rings. The molecule has 0 radical (unpaired) electrons. The molecule has 1 aliphatic rings. The van der Waals surface area contributed by atoms with Gasteiger partial charge in [0.2, 0.25) is 5.91 Å². The quantitative estimate of drug-likeness (QED) is 0.842. The van der Waals surface area contributed by atoms with Crippen molar-refractivity contribution in [2.75, 3.05) is 26.7 Å². The fourth-order valence-electron chi connectivity index (χ4n) is 3.06. The van der Waals surface area contributed by atoms with Gasteiger partial charge < -0.3 is 15.0 Å². The molecule has 0 atom stereocenters. The first-order valence-electron chi connectivity index (χ1n) is 8.37.